The third-order valence-electron chi connectivity index (χ3n) is 5.46. The van der Waals surface area contributed by atoms with Crippen LogP contribution < -0.4 is 0 Å². The fourth-order valence-corrected chi connectivity index (χ4v) is 3.90. The first kappa shape index (κ1) is 15.6. The monoisotopic (exact) mass is 272 g/mol. The van der Waals surface area contributed by atoms with Crippen molar-refractivity contribution in [3.05, 3.63) is 34.4 Å². The lowest BCUT2D eigenvalue weighted by Crippen LogP contribution is -2.15. The molecule has 0 unspecified atom stereocenters. The van der Waals surface area contributed by atoms with Gasteiger partial charge in [0.25, 0.3) is 0 Å². The smallest absolute Gasteiger partial charge is 0.00759 e. The zero-order valence-corrected chi connectivity index (χ0v) is 14.2. The second-order valence-electron chi connectivity index (χ2n) is 7.56. The Kier molecular flexibility index (Phi) is 4.94. The first-order chi connectivity index (χ1) is 9.42. The molecule has 0 amide bonds. The van der Waals surface area contributed by atoms with E-state index in [1.54, 1.807) is 22.3 Å². The highest BCUT2D eigenvalue weighted by Gasteiger charge is 2.35. The van der Waals surface area contributed by atoms with Gasteiger partial charge in [-0.2, -0.15) is 0 Å². The van der Waals surface area contributed by atoms with Crippen molar-refractivity contribution < 1.29 is 0 Å². The summed E-state index contributed by atoms with van der Waals surface area (Å²) in [4.78, 5) is 0. The minimum atomic E-state index is 0.436. The summed E-state index contributed by atoms with van der Waals surface area (Å²) < 4.78 is 0. The van der Waals surface area contributed by atoms with Crippen LogP contribution in [0.2, 0.25) is 0 Å². The minimum absolute atomic E-state index is 0.436. The average molecular weight is 272 g/mol. The van der Waals surface area contributed by atoms with Gasteiger partial charge in [-0.05, 0) is 70.1 Å². The highest BCUT2D eigenvalue weighted by molar-refractivity contribution is 5.31. The van der Waals surface area contributed by atoms with Crippen LogP contribution in [-0.4, -0.2) is 0 Å². The molecule has 0 heterocycles. The van der Waals surface area contributed by atoms with Crippen molar-refractivity contribution in [1.82, 2.24) is 0 Å². The average Bonchev–Trinajstić information content (AvgIpc) is 2.70. The van der Waals surface area contributed by atoms with E-state index in [9.17, 15) is 0 Å². The summed E-state index contributed by atoms with van der Waals surface area (Å²) >= 11 is 0. The maximum absolute atomic E-state index is 2.53. The molecule has 0 aromatic heterocycles. The zero-order valence-electron chi connectivity index (χ0n) is 14.2. The Morgan fingerprint density at radius 3 is 2.35 bits per heavy atom. The predicted octanol–water partition coefficient (Wildman–Crippen LogP) is 6.60. The normalized spacial score (nSPS) is 34.1. The number of allylic oxidation sites excluding steroid dienone is 6. The van der Waals surface area contributed by atoms with Crippen molar-refractivity contribution >= 4 is 0 Å². The number of hydrogen-bond donors (Lipinski definition) is 0. The zero-order chi connectivity index (χ0) is 14.8. The van der Waals surface area contributed by atoms with Crippen LogP contribution in [0.25, 0.3) is 0 Å². The van der Waals surface area contributed by atoms with Gasteiger partial charge in [-0.1, -0.05) is 55.2 Å². The summed E-state index contributed by atoms with van der Waals surface area (Å²) in [5, 5.41) is 0. The van der Waals surface area contributed by atoms with Crippen molar-refractivity contribution in [3.8, 4) is 0 Å². The molecule has 0 N–H and O–H groups in total. The Morgan fingerprint density at radius 2 is 1.65 bits per heavy atom. The molecule has 2 aliphatic carbocycles. The predicted molar refractivity (Wildman–Crippen MR) is 89.8 cm³/mol. The fraction of sp³-hybridized carbons (Fsp3) is 0.700. The molecule has 2 aliphatic rings. The topological polar surface area (TPSA) is 0 Å². The molecule has 0 aromatic carbocycles. The van der Waals surface area contributed by atoms with Crippen molar-refractivity contribution in [2.75, 3.05) is 0 Å². The fourth-order valence-electron chi connectivity index (χ4n) is 3.90. The van der Waals surface area contributed by atoms with E-state index in [0.29, 0.717) is 5.41 Å². The molecule has 112 valence electrons. The molecule has 2 rings (SSSR count). The number of hydrogen-bond acceptors (Lipinski definition) is 0. The van der Waals surface area contributed by atoms with Crippen molar-refractivity contribution in [1.29, 1.82) is 0 Å². The summed E-state index contributed by atoms with van der Waals surface area (Å²) in [5.74, 6) is 0.728. The van der Waals surface area contributed by atoms with Gasteiger partial charge in [0.15, 0.2) is 0 Å². The Morgan fingerprint density at radius 1 is 0.950 bits per heavy atom. The van der Waals surface area contributed by atoms with Crippen LogP contribution in [0.5, 0.6) is 0 Å². The highest BCUT2D eigenvalue weighted by atomic mass is 14.4. The van der Waals surface area contributed by atoms with Crippen LogP contribution in [0.4, 0.5) is 0 Å². The Balaban J connectivity index is 2.35. The lowest BCUT2D eigenvalue weighted by atomic mass is 9.76. The van der Waals surface area contributed by atoms with Crippen molar-refractivity contribution in [2.45, 2.75) is 79.6 Å². The van der Waals surface area contributed by atoms with E-state index in [1.165, 1.54) is 44.9 Å². The van der Waals surface area contributed by atoms with Crippen LogP contribution in [0.3, 0.4) is 0 Å². The lowest BCUT2D eigenvalue weighted by Gasteiger charge is -2.28. The van der Waals surface area contributed by atoms with E-state index in [1.807, 2.05) is 0 Å². The molecule has 20 heavy (non-hydrogen) atoms. The third kappa shape index (κ3) is 3.45. The van der Waals surface area contributed by atoms with Crippen LogP contribution >= 0.6 is 0 Å². The molecule has 0 saturated carbocycles. The lowest BCUT2D eigenvalue weighted by molar-refractivity contribution is 0.386. The SMILES string of the molecule is C/C1=C\C[C@@]2(C)CCC(C(C)C)=C2CC/C(C)=C/CC1. The highest BCUT2D eigenvalue weighted by Crippen LogP contribution is 2.50. The van der Waals surface area contributed by atoms with E-state index >= 15 is 0 Å². The number of fused-ring (bicyclic) bond motifs is 1. The third-order valence-corrected chi connectivity index (χ3v) is 5.46. The van der Waals surface area contributed by atoms with Gasteiger partial charge in [-0.15, -0.1) is 0 Å². The van der Waals surface area contributed by atoms with Gasteiger partial charge >= 0.3 is 0 Å². The molecular weight excluding hydrogens is 240 g/mol. The van der Waals surface area contributed by atoms with Crippen LogP contribution in [-0.2, 0) is 0 Å². The van der Waals surface area contributed by atoms with E-state index in [2.05, 4.69) is 46.8 Å². The quantitative estimate of drug-likeness (QED) is 0.472. The molecule has 1 atom stereocenters. The second-order valence-corrected chi connectivity index (χ2v) is 7.56. The van der Waals surface area contributed by atoms with Gasteiger partial charge in [0.2, 0.25) is 0 Å². The van der Waals surface area contributed by atoms with Gasteiger partial charge in [-0.25, -0.2) is 0 Å². The Bertz CT molecular complexity index is 445. The van der Waals surface area contributed by atoms with E-state index in [-0.39, 0.29) is 0 Å². The first-order valence-corrected chi connectivity index (χ1v) is 8.46. The molecule has 0 spiro atoms. The largest absolute Gasteiger partial charge is 0.0853 e. The molecule has 0 saturated heterocycles. The van der Waals surface area contributed by atoms with E-state index in [4.69, 9.17) is 0 Å². The molecule has 0 aliphatic heterocycles. The summed E-state index contributed by atoms with van der Waals surface area (Å²) in [6.07, 6.45) is 14.0. The maximum atomic E-state index is 2.53. The van der Waals surface area contributed by atoms with Crippen LogP contribution in [0.15, 0.2) is 34.4 Å². The van der Waals surface area contributed by atoms with Gasteiger partial charge in [0.05, 0.1) is 0 Å². The molecule has 0 nitrogen and oxygen atoms in total. The van der Waals surface area contributed by atoms with Gasteiger partial charge < -0.3 is 0 Å². The summed E-state index contributed by atoms with van der Waals surface area (Å²) in [6, 6.07) is 0. The Hall–Kier alpha value is -0.780. The summed E-state index contributed by atoms with van der Waals surface area (Å²) in [5.41, 5.74) is 7.17. The standard InChI is InChI=1S/C20H32/c1-15(2)18-12-14-20(5)13-11-17(4)8-6-7-16(3)9-10-19(18)20/h7,11,15H,6,8-10,12-14H2,1-5H3/b16-7+,17-11+/t20-/m0/s1. The van der Waals surface area contributed by atoms with E-state index < -0.39 is 0 Å². The molecular formula is C20H32. The van der Waals surface area contributed by atoms with Gasteiger partial charge in [0.1, 0.15) is 0 Å². The van der Waals surface area contributed by atoms with Gasteiger partial charge in [-0.3, -0.25) is 0 Å². The van der Waals surface area contributed by atoms with E-state index in [0.717, 1.165) is 5.92 Å². The van der Waals surface area contributed by atoms with Crippen LogP contribution in [0, 0.1) is 11.3 Å². The van der Waals surface area contributed by atoms with Crippen molar-refractivity contribution in [3.63, 3.8) is 0 Å². The number of rotatable bonds is 1. The molecule has 0 radical (unpaired) electrons. The Labute approximate surface area is 126 Å². The molecule has 0 aromatic rings. The molecule has 0 heteroatoms. The summed E-state index contributed by atoms with van der Waals surface area (Å²) in [7, 11) is 0. The first-order valence-electron chi connectivity index (χ1n) is 8.46. The van der Waals surface area contributed by atoms with Gasteiger partial charge in [0, 0.05) is 0 Å². The second kappa shape index (κ2) is 6.33. The van der Waals surface area contributed by atoms with Crippen LogP contribution in [0.1, 0.15) is 79.6 Å². The van der Waals surface area contributed by atoms with Crippen molar-refractivity contribution in [2.24, 2.45) is 11.3 Å². The summed E-state index contributed by atoms with van der Waals surface area (Å²) in [6.45, 7) is 11.9. The minimum Gasteiger partial charge on any atom is -0.0853 e. The molecule has 0 bridgehead atoms. The maximum Gasteiger partial charge on any atom is -0.00759 e. The molecule has 0 fully saturated rings.